The highest BCUT2D eigenvalue weighted by Gasteiger charge is 2.19. The first-order chi connectivity index (χ1) is 31.5. The van der Waals surface area contributed by atoms with Gasteiger partial charge in [0.15, 0.2) is 0 Å². The molecule has 0 fully saturated rings. The topological polar surface area (TPSA) is 95.9 Å². The maximum atomic E-state index is 12.4. The molecule has 0 aromatic carbocycles. The van der Waals surface area contributed by atoms with Crippen LogP contribution in [0.3, 0.4) is 0 Å². The summed E-state index contributed by atoms with van der Waals surface area (Å²) in [5.41, 5.74) is 0. The Hall–Kier alpha value is -1.66. The number of carbonyl (C=O) groups is 2. The molecule has 2 unspecified atom stereocenters. The predicted molar refractivity (Wildman–Crippen MR) is 278 cm³/mol. The minimum absolute atomic E-state index is 0.0127. The summed E-state index contributed by atoms with van der Waals surface area (Å²) in [6, 6.07) is -0.585. The Morgan fingerprint density at radius 2 is 0.797 bits per heavy atom. The van der Waals surface area contributed by atoms with Crippen molar-refractivity contribution >= 4 is 11.9 Å². The van der Waals surface area contributed by atoms with Gasteiger partial charge >= 0.3 is 5.97 Å². The zero-order chi connectivity index (χ0) is 46.5. The summed E-state index contributed by atoms with van der Waals surface area (Å²) in [4.78, 5) is 24.5. The zero-order valence-electron chi connectivity index (χ0n) is 43.0. The summed E-state index contributed by atoms with van der Waals surface area (Å²) in [7, 11) is 0. The molecule has 6 nitrogen and oxygen atoms in total. The number of hydrogen-bond acceptors (Lipinski definition) is 5. The van der Waals surface area contributed by atoms with E-state index in [0.717, 1.165) is 51.4 Å². The van der Waals surface area contributed by atoms with E-state index in [1.807, 2.05) is 6.08 Å². The molecule has 0 saturated heterocycles. The maximum Gasteiger partial charge on any atom is 0.305 e. The molecule has 1 amide bonds. The SMILES string of the molecule is CCCCCCCCCCCCCCCCCCCC(=O)OCCCCCCCC/C=C\C/C=C\CCC(=O)NC(CO)C(O)CCCCCCCCCCCCCCCCCCC. The van der Waals surface area contributed by atoms with E-state index in [9.17, 15) is 19.8 Å². The van der Waals surface area contributed by atoms with Crippen molar-refractivity contribution in [2.24, 2.45) is 0 Å². The third-order valence-electron chi connectivity index (χ3n) is 13.3. The Balaban J connectivity index is 3.52. The number of rotatable bonds is 53. The van der Waals surface area contributed by atoms with Gasteiger partial charge in [-0.2, -0.15) is 0 Å². The normalized spacial score (nSPS) is 12.8. The van der Waals surface area contributed by atoms with Gasteiger partial charge in [-0.1, -0.05) is 276 Å². The standard InChI is InChI=1S/C58H111NO5/c1-3-5-7-9-11-13-15-17-19-21-23-26-30-34-38-42-46-50-56(61)55(54-60)59-57(62)51-47-43-39-35-31-27-25-29-33-37-41-45-49-53-64-58(63)52-48-44-40-36-32-28-24-22-20-18-16-14-12-10-8-6-4-2/h27,31,39,43,55-56,60-61H,3-26,28-30,32-38,40-42,44-54H2,1-2H3,(H,59,62)/b31-27-,43-39-. The molecule has 0 radical (unpaired) electrons. The van der Waals surface area contributed by atoms with Crippen LogP contribution in [0, 0.1) is 0 Å². The number of unbranched alkanes of at least 4 members (excludes halogenated alkanes) is 38. The van der Waals surface area contributed by atoms with Gasteiger partial charge in [-0.05, 0) is 44.9 Å². The van der Waals surface area contributed by atoms with Crippen LogP contribution in [0.1, 0.15) is 309 Å². The second-order valence-electron chi connectivity index (χ2n) is 19.6. The van der Waals surface area contributed by atoms with E-state index < -0.39 is 12.1 Å². The number of aliphatic hydroxyl groups is 2. The van der Waals surface area contributed by atoms with Crippen molar-refractivity contribution in [3.63, 3.8) is 0 Å². The van der Waals surface area contributed by atoms with Crippen LogP contribution >= 0.6 is 0 Å². The van der Waals surface area contributed by atoms with Gasteiger partial charge in [0.25, 0.3) is 0 Å². The molecule has 64 heavy (non-hydrogen) atoms. The van der Waals surface area contributed by atoms with Gasteiger partial charge < -0.3 is 20.3 Å². The van der Waals surface area contributed by atoms with Gasteiger partial charge in [-0.15, -0.1) is 0 Å². The van der Waals surface area contributed by atoms with Crippen LogP contribution in [-0.2, 0) is 14.3 Å². The summed E-state index contributed by atoms with van der Waals surface area (Å²) in [6.45, 7) is 4.91. The average Bonchev–Trinajstić information content (AvgIpc) is 3.29. The number of carbonyl (C=O) groups excluding carboxylic acids is 2. The Morgan fingerprint density at radius 3 is 1.22 bits per heavy atom. The van der Waals surface area contributed by atoms with Gasteiger partial charge in [0, 0.05) is 12.8 Å². The zero-order valence-corrected chi connectivity index (χ0v) is 43.0. The number of hydrogen-bond donors (Lipinski definition) is 3. The molecular formula is C58H111NO5. The molecule has 0 aromatic rings. The van der Waals surface area contributed by atoms with Crippen LogP contribution in [0.5, 0.6) is 0 Å². The lowest BCUT2D eigenvalue weighted by Gasteiger charge is -2.22. The summed E-state index contributed by atoms with van der Waals surface area (Å²) in [6.07, 6.45) is 64.6. The number of nitrogens with one attached hydrogen (secondary N) is 1. The second kappa shape index (κ2) is 54.0. The Kier molecular flexibility index (Phi) is 52.6. The molecule has 0 aromatic heterocycles. The molecule has 0 heterocycles. The van der Waals surface area contributed by atoms with E-state index in [2.05, 4.69) is 37.4 Å². The Labute approximate surface area is 399 Å². The highest BCUT2D eigenvalue weighted by atomic mass is 16.5. The fourth-order valence-corrected chi connectivity index (χ4v) is 8.87. The van der Waals surface area contributed by atoms with E-state index >= 15 is 0 Å². The largest absolute Gasteiger partial charge is 0.466 e. The van der Waals surface area contributed by atoms with Crippen LogP contribution in [0.25, 0.3) is 0 Å². The fraction of sp³-hybridized carbons (Fsp3) is 0.897. The molecule has 0 aliphatic carbocycles. The number of ether oxygens (including phenoxy) is 1. The molecule has 0 rings (SSSR count). The summed E-state index contributed by atoms with van der Waals surface area (Å²) in [5, 5.41) is 23.2. The first kappa shape index (κ1) is 62.3. The predicted octanol–water partition coefficient (Wildman–Crippen LogP) is 17.5. The van der Waals surface area contributed by atoms with Gasteiger partial charge in [0.1, 0.15) is 0 Å². The van der Waals surface area contributed by atoms with Gasteiger partial charge in [0.2, 0.25) is 5.91 Å². The summed E-state index contributed by atoms with van der Waals surface area (Å²) >= 11 is 0. The van der Waals surface area contributed by atoms with E-state index in [1.54, 1.807) is 0 Å². The number of amides is 1. The lowest BCUT2D eigenvalue weighted by molar-refractivity contribution is -0.143. The average molecular weight is 903 g/mol. The van der Waals surface area contributed by atoms with Crippen LogP contribution in [0.2, 0.25) is 0 Å². The van der Waals surface area contributed by atoms with Crippen molar-refractivity contribution in [2.45, 2.75) is 321 Å². The third-order valence-corrected chi connectivity index (χ3v) is 13.3. The quantitative estimate of drug-likeness (QED) is 0.0321. The first-order valence-corrected chi connectivity index (χ1v) is 28.6. The molecular weight excluding hydrogens is 791 g/mol. The second-order valence-corrected chi connectivity index (χ2v) is 19.6. The Morgan fingerprint density at radius 1 is 0.438 bits per heavy atom. The maximum absolute atomic E-state index is 12.4. The molecule has 0 spiro atoms. The highest BCUT2D eigenvalue weighted by molar-refractivity contribution is 5.76. The third kappa shape index (κ3) is 49.8. The van der Waals surface area contributed by atoms with Crippen molar-refractivity contribution in [3.8, 4) is 0 Å². The number of esters is 1. The van der Waals surface area contributed by atoms with Crippen molar-refractivity contribution in [1.82, 2.24) is 5.32 Å². The molecule has 0 aliphatic rings. The lowest BCUT2D eigenvalue weighted by Crippen LogP contribution is -2.45. The summed E-state index contributed by atoms with van der Waals surface area (Å²) < 4.78 is 5.47. The molecule has 378 valence electrons. The van der Waals surface area contributed by atoms with Gasteiger partial charge in [-0.25, -0.2) is 0 Å². The molecule has 6 heteroatoms. The van der Waals surface area contributed by atoms with Crippen LogP contribution in [0.15, 0.2) is 24.3 Å². The van der Waals surface area contributed by atoms with E-state index in [1.165, 1.54) is 218 Å². The van der Waals surface area contributed by atoms with E-state index in [0.29, 0.717) is 32.3 Å². The summed E-state index contributed by atoms with van der Waals surface area (Å²) in [5.74, 6) is -0.126. The number of aliphatic hydroxyl groups excluding tert-OH is 2. The monoisotopic (exact) mass is 902 g/mol. The van der Waals surface area contributed by atoms with Crippen LogP contribution < -0.4 is 5.32 Å². The minimum atomic E-state index is -0.699. The van der Waals surface area contributed by atoms with Crippen molar-refractivity contribution in [1.29, 1.82) is 0 Å². The molecule has 3 N–H and O–H groups in total. The van der Waals surface area contributed by atoms with Crippen LogP contribution in [0.4, 0.5) is 0 Å². The minimum Gasteiger partial charge on any atom is -0.466 e. The molecule has 0 aliphatic heterocycles. The smallest absolute Gasteiger partial charge is 0.305 e. The van der Waals surface area contributed by atoms with Gasteiger partial charge in [-0.3, -0.25) is 9.59 Å². The van der Waals surface area contributed by atoms with Crippen LogP contribution in [-0.4, -0.2) is 47.4 Å². The molecule has 0 saturated carbocycles. The van der Waals surface area contributed by atoms with E-state index in [-0.39, 0.29) is 18.5 Å². The van der Waals surface area contributed by atoms with Crippen molar-refractivity contribution in [3.05, 3.63) is 24.3 Å². The highest BCUT2D eigenvalue weighted by Crippen LogP contribution is 2.17. The fourth-order valence-electron chi connectivity index (χ4n) is 8.87. The first-order valence-electron chi connectivity index (χ1n) is 28.6. The molecule has 0 bridgehead atoms. The van der Waals surface area contributed by atoms with Crippen molar-refractivity contribution in [2.75, 3.05) is 13.2 Å². The van der Waals surface area contributed by atoms with Gasteiger partial charge in [0.05, 0.1) is 25.4 Å². The number of allylic oxidation sites excluding steroid dienone is 4. The van der Waals surface area contributed by atoms with Crippen molar-refractivity contribution < 1.29 is 24.5 Å². The van der Waals surface area contributed by atoms with E-state index in [4.69, 9.17) is 4.74 Å². The lowest BCUT2D eigenvalue weighted by atomic mass is 10.0. The Bertz CT molecular complexity index is 997. The molecule has 2 atom stereocenters.